The number of amides is 5. The van der Waals surface area contributed by atoms with E-state index in [1.165, 1.54) is 75.1 Å². The van der Waals surface area contributed by atoms with Gasteiger partial charge in [0.05, 0.1) is 50.0 Å². The Morgan fingerprint density at radius 3 is 1.82 bits per heavy atom. The van der Waals surface area contributed by atoms with Gasteiger partial charge in [-0.3, -0.25) is 19.2 Å². The van der Waals surface area contributed by atoms with E-state index in [1.54, 1.807) is 63.7 Å². The van der Waals surface area contributed by atoms with Crippen LogP contribution in [0.15, 0.2) is 39.0 Å². The largest absolute Gasteiger partial charge is 0.461 e. The molecule has 0 radical (unpaired) electrons. The van der Waals surface area contributed by atoms with Crippen LogP contribution in [0.5, 0.6) is 0 Å². The molecule has 7 aromatic heterocycles. The Balaban J connectivity index is 1.01. The van der Waals surface area contributed by atoms with E-state index in [4.69, 9.17) is 29.2 Å². The molecule has 0 aromatic carbocycles. The topological polar surface area (TPSA) is 298 Å². The van der Waals surface area contributed by atoms with Crippen LogP contribution in [-0.4, -0.2) is 109 Å². The van der Waals surface area contributed by atoms with Gasteiger partial charge in [0.15, 0.2) is 11.4 Å². The molecule has 7 rings (SSSR count). The maximum atomic E-state index is 13.8. The van der Waals surface area contributed by atoms with E-state index in [9.17, 15) is 33.6 Å². The number of hydrogen-bond acceptors (Lipinski definition) is 23. The fourth-order valence-corrected chi connectivity index (χ4v) is 12.8. The Morgan fingerprint density at radius 2 is 1.18 bits per heavy atom. The van der Waals surface area contributed by atoms with Crippen LogP contribution < -0.4 is 26.6 Å². The second-order valence-electron chi connectivity index (χ2n) is 19.0. The van der Waals surface area contributed by atoms with Gasteiger partial charge in [0, 0.05) is 44.4 Å². The number of aryl methyl sites for hydroxylation is 1. The molecule has 0 saturated carbocycles. The van der Waals surface area contributed by atoms with E-state index < -0.39 is 59.5 Å². The maximum absolute atomic E-state index is 13.8. The van der Waals surface area contributed by atoms with E-state index in [0.717, 1.165) is 0 Å². The van der Waals surface area contributed by atoms with Gasteiger partial charge in [-0.05, 0) is 65.5 Å². The minimum atomic E-state index is -0.866. The van der Waals surface area contributed by atoms with Gasteiger partial charge in [0.25, 0.3) is 11.8 Å². The van der Waals surface area contributed by atoms with Crippen LogP contribution in [0.2, 0.25) is 0 Å². The Morgan fingerprint density at radius 1 is 0.595 bits per heavy atom. The van der Waals surface area contributed by atoms with Gasteiger partial charge >= 0.3 is 18.0 Å². The lowest BCUT2D eigenvalue weighted by molar-refractivity contribution is -0.122. The molecule has 0 aliphatic heterocycles. The first-order valence-electron chi connectivity index (χ1n) is 24.8. The normalized spacial score (nSPS) is 12.6. The highest BCUT2D eigenvalue weighted by atomic mass is 32.1. The average molecular weight is 1190 g/mol. The zero-order chi connectivity index (χ0) is 57.3. The molecule has 7 heterocycles. The van der Waals surface area contributed by atoms with Crippen molar-refractivity contribution in [1.82, 2.24) is 61.5 Å². The molecule has 0 spiro atoms. The smallest absolute Gasteiger partial charge is 0.408 e. The van der Waals surface area contributed by atoms with Crippen LogP contribution >= 0.6 is 68.0 Å². The molecule has 28 heteroatoms. The number of nitrogens with zero attached hydrogens (tertiary/aromatic N) is 7. The summed E-state index contributed by atoms with van der Waals surface area (Å²) in [6.07, 6.45) is -0.875. The minimum absolute atomic E-state index is 0.0614. The van der Waals surface area contributed by atoms with Gasteiger partial charge in [-0.1, -0.05) is 27.7 Å². The maximum Gasteiger partial charge on any atom is 0.408 e. The van der Waals surface area contributed by atoms with Crippen molar-refractivity contribution < 1.29 is 47.8 Å². The predicted molar refractivity (Wildman–Crippen MR) is 303 cm³/mol. The third kappa shape index (κ3) is 15.2. The molecular weight excluding hydrogens is 1130 g/mol. The number of carbonyl (C=O) groups excluding carboxylic acids is 7. The van der Waals surface area contributed by atoms with E-state index in [0.29, 0.717) is 63.3 Å². The Kier molecular flexibility index (Phi) is 19.9. The summed E-state index contributed by atoms with van der Waals surface area (Å²) in [5, 5.41) is 25.4. The third-order valence-corrected chi connectivity index (χ3v) is 16.7. The van der Waals surface area contributed by atoms with Gasteiger partial charge in [-0.2, -0.15) is 0 Å². The first-order chi connectivity index (χ1) is 37.5. The van der Waals surface area contributed by atoms with Gasteiger partial charge in [-0.25, -0.2) is 49.3 Å². The Hall–Kier alpha value is -6.98. The van der Waals surface area contributed by atoms with Crippen molar-refractivity contribution in [3.63, 3.8) is 0 Å². The molecule has 5 amide bonds. The molecular formula is C51H58N12O10S6. The Labute approximate surface area is 479 Å². The van der Waals surface area contributed by atoms with Crippen molar-refractivity contribution in [3.05, 3.63) is 81.7 Å². The number of rotatable bonds is 22. The summed E-state index contributed by atoms with van der Waals surface area (Å²) in [5.41, 5.74) is 2.35. The zero-order valence-electron chi connectivity index (χ0n) is 44.9. The van der Waals surface area contributed by atoms with Gasteiger partial charge < -0.3 is 40.8 Å². The highest BCUT2D eigenvalue weighted by molar-refractivity contribution is 7.15. The first-order valence-corrected chi connectivity index (χ1v) is 30.0. The minimum Gasteiger partial charge on any atom is -0.461 e. The van der Waals surface area contributed by atoms with Crippen molar-refractivity contribution in [3.8, 4) is 43.4 Å². The average Bonchev–Trinajstić information content (AvgIpc) is 4.29. The number of hydrogen-bond donors (Lipinski definition) is 5. The number of thiazole rings is 6. The molecule has 0 unspecified atom stereocenters. The number of nitrogens with one attached hydrogen (secondary N) is 5. The Bertz CT molecular complexity index is 3350. The number of alkyl carbamates (subject to hydrolysis) is 1. The summed E-state index contributed by atoms with van der Waals surface area (Å²) in [7, 11) is 1.48. The van der Waals surface area contributed by atoms with Crippen LogP contribution in [0.4, 0.5) is 4.79 Å². The van der Waals surface area contributed by atoms with Crippen molar-refractivity contribution in [1.29, 1.82) is 0 Å². The molecule has 0 aliphatic rings. The second-order valence-corrected chi connectivity index (χ2v) is 24.6. The van der Waals surface area contributed by atoms with Crippen LogP contribution in [0.3, 0.4) is 0 Å². The van der Waals surface area contributed by atoms with Crippen LogP contribution in [0.1, 0.15) is 149 Å². The quantitative estimate of drug-likeness (QED) is 0.0312. The molecule has 3 atom stereocenters. The van der Waals surface area contributed by atoms with Gasteiger partial charge in [0.1, 0.15) is 64.1 Å². The predicted octanol–water partition coefficient (Wildman–Crippen LogP) is 9.22. The monoisotopic (exact) mass is 1190 g/mol. The lowest BCUT2D eigenvalue weighted by Crippen LogP contribution is -2.40. The fourth-order valence-electron chi connectivity index (χ4n) is 7.32. The number of esters is 2. The molecule has 418 valence electrons. The van der Waals surface area contributed by atoms with E-state index >= 15 is 0 Å². The fraction of sp³-hybridized carbons (Fsp3) is 0.412. The van der Waals surface area contributed by atoms with E-state index in [1.807, 2.05) is 44.5 Å². The summed E-state index contributed by atoms with van der Waals surface area (Å²) in [6, 6.07) is 1.57. The molecule has 5 N–H and O–H groups in total. The van der Waals surface area contributed by atoms with Gasteiger partial charge in [0.2, 0.25) is 11.8 Å². The number of ether oxygens (including phenoxy) is 3. The van der Waals surface area contributed by atoms with Crippen LogP contribution in [-0.2, 0) is 23.8 Å². The molecule has 0 bridgehead atoms. The SMILES string of the molecule is CCOC(=O)c1csc(-c2ccc(-c3nc(C(=O)OCC)cs3)c(-c3csc(-c4csc([C@@H](NC(=O)CNC(=O)c5csc([C@@H](NC(=O)c6nc([C@H](CC(=O)NC)NC(=O)OC(C)(C)C)sc6C)C(C)C)n5)C(C)C)n4)n3)n2)n1. The summed E-state index contributed by atoms with van der Waals surface area (Å²) >= 11 is 7.54. The summed E-state index contributed by atoms with van der Waals surface area (Å²) in [4.78, 5) is 124. The highest BCUT2D eigenvalue weighted by Crippen LogP contribution is 2.39. The number of carbonyl (C=O) groups is 7. The second kappa shape index (κ2) is 26.3. The summed E-state index contributed by atoms with van der Waals surface area (Å²) < 4.78 is 15.7. The molecule has 0 saturated heterocycles. The van der Waals surface area contributed by atoms with Crippen molar-refractivity contribution >= 4 is 110 Å². The van der Waals surface area contributed by atoms with Crippen molar-refractivity contribution in [2.45, 2.75) is 99.4 Å². The molecule has 7 aromatic rings. The van der Waals surface area contributed by atoms with E-state index in [2.05, 4.69) is 46.5 Å². The number of pyridine rings is 1. The van der Waals surface area contributed by atoms with Crippen molar-refractivity contribution in [2.75, 3.05) is 26.8 Å². The standard InChI is InChI=1S/C51H58N12O10S6/c1-12-71-48(68)32-21-74-42(58-32)26-14-15-27(43-59-33(22-76-43)49(69)72-13-2)54-39(26)29-18-75-44(55-29)31-20-78-46(57-31)36(23(3)4)61-35(65)17-53-40(66)30-19-77-47(56-30)37(24(5)6)62-41(67)38-25(7)79-45(63-38)28(16-34(64)52-11)60-50(70)73-51(8,9)10/h14-15,18-24,28,36-37H,12-13,16-17H2,1-11H3,(H,52,64)(H,53,66)(H,60,70)(H,61,65)(H,62,67)/t28-,36-,37-/m0/s1. The van der Waals surface area contributed by atoms with Crippen LogP contribution in [0, 0.1) is 18.8 Å². The first kappa shape index (κ1) is 59.7. The lowest BCUT2D eigenvalue weighted by Gasteiger charge is -2.22. The van der Waals surface area contributed by atoms with Crippen LogP contribution in [0.25, 0.3) is 43.4 Å². The molecule has 79 heavy (non-hydrogen) atoms. The number of aromatic nitrogens is 7. The summed E-state index contributed by atoms with van der Waals surface area (Å²) in [6.45, 7) is 18.0. The van der Waals surface area contributed by atoms with E-state index in [-0.39, 0.29) is 66.7 Å². The summed E-state index contributed by atoms with van der Waals surface area (Å²) in [5.74, 6) is -3.26. The third-order valence-electron chi connectivity index (χ3n) is 11.1. The highest BCUT2D eigenvalue weighted by Gasteiger charge is 2.31. The van der Waals surface area contributed by atoms with Crippen molar-refractivity contribution in [2.24, 2.45) is 11.8 Å². The molecule has 22 nitrogen and oxygen atoms in total. The zero-order valence-corrected chi connectivity index (χ0v) is 49.8. The molecule has 0 aliphatic carbocycles. The molecule has 0 fully saturated rings. The lowest BCUT2D eigenvalue weighted by atomic mass is 10.0. The van der Waals surface area contributed by atoms with Gasteiger partial charge in [-0.15, -0.1) is 68.0 Å².